The van der Waals surface area contributed by atoms with Crippen molar-refractivity contribution in [1.29, 1.82) is 0 Å². The fraction of sp³-hybridized carbons (Fsp3) is 1.00. The lowest BCUT2D eigenvalue weighted by atomic mass is 10.7. The van der Waals surface area contributed by atoms with E-state index < -0.39 is 3.92 Å². The van der Waals surface area contributed by atoms with Crippen molar-refractivity contribution >= 4 is 34.8 Å². The van der Waals surface area contributed by atoms with Crippen LogP contribution in [-0.4, -0.2) is 28.6 Å². The van der Waals surface area contributed by atoms with Crippen molar-refractivity contribution in [3.63, 3.8) is 0 Å². The van der Waals surface area contributed by atoms with Gasteiger partial charge in [0.1, 0.15) is 0 Å². The molecule has 1 saturated heterocycles. The second-order valence-electron chi connectivity index (χ2n) is 1.89. The van der Waals surface area contributed by atoms with Crippen molar-refractivity contribution in [2.45, 2.75) is 3.92 Å². The Kier molecular flexibility index (Phi) is 2.46. The van der Waals surface area contributed by atoms with E-state index in [2.05, 4.69) is 5.32 Å². The van der Waals surface area contributed by atoms with E-state index in [0.29, 0.717) is 6.67 Å². The minimum atomic E-state index is -1.23. The van der Waals surface area contributed by atoms with Crippen LogP contribution < -0.4 is 5.32 Å². The lowest BCUT2D eigenvalue weighted by Gasteiger charge is -2.22. The van der Waals surface area contributed by atoms with Crippen LogP contribution in [0.15, 0.2) is 0 Å². The summed E-state index contributed by atoms with van der Waals surface area (Å²) >= 11 is 16.7. The quantitative estimate of drug-likeness (QED) is 0.455. The minimum absolute atomic E-state index is 0.663. The Morgan fingerprint density at radius 2 is 2.00 bits per heavy atom. The molecule has 0 aliphatic carbocycles. The molecule has 1 fully saturated rings. The van der Waals surface area contributed by atoms with Gasteiger partial charge in [0.25, 0.3) is 0 Å². The number of nitrogens with zero attached hydrogens (tertiary/aromatic N) is 1. The Bertz CT molecular complexity index is 94.5. The van der Waals surface area contributed by atoms with Crippen LogP contribution in [0.4, 0.5) is 0 Å². The van der Waals surface area contributed by atoms with Crippen LogP contribution in [0, 0.1) is 0 Å². The maximum Gasteiger partial charge on any atom is 0.248 e. The van der Waals surface area contributed by atoms with E-state index in [1.54, 1.807) is 4.90 Å². The largest absolute Gasteiger partial charge is 0.303 e. The van der Waals surface area contributed by atoms with Gasteiger partial charge < -0.3 is 5.32 Å². The zero-order valence-electron chi connectivity index (χ0n) is 4.70. The van der Waals surface area contributed by atoms with Crippen LogP contribution >= 0.6 is 34.8 Å². The number of nitrogens with one attached hydrogen (secondary N) is 1. The predicted octanol–water partition coefficient (Wildman–Crippen LogP) is 1.18. The average molecular weight is 189 g/mol. The summed E-state index contributed by atoms with van der Waals surface area (Å²) in [5.41, 5.74) is 0. The third kappa shape index (κ3) is 2.13. The molecular weight excluding hydrogens is 182 g/mol. The smallest absolute Gasteiger partial charge is 0.248 e. The topological polar surface area (TPSA) is 15.3 Å². The second kappa shape index (κ2) is 2.81. The van der Waals surface area contributed by atoms with Crippen LogP contribution in [0.2, 0.25) is 0 Å². The number of halogens is 3. The summed E-state index contributed by atoms with van der Waals surface area (Å²) in [5.74, 6) is 0. The standard InChI is InChI=1S/C4H7Cl3N2/c5-4(6,7)9-2-1-8-3-9/h8H,1-3H2. The summed E-state index contributed by atoms with van der Waals surface area (Å²) in [6.45, 7) is 2.36. The van der Waals surface area contributed by atoms with E-state index in [4.69, 9.17) is 34.8 Å². The molecule has 0 spiro atoms. The van der Waals surface area contributed by atoms with Gasteiger partial charge in [-0.15, -0.1) is 0 Å². The Hall–Kier alpha value is 0.790. The molecule has 1 N–H and O–H groups in total. The monoisotopic (exact) mass is 188 g/mol. The zero-order valence-corrected chi connectivity index (χ0v) is 6.97. The SMILES string of the molecule is ClC(Cl)(Cl)N1CCNC1. The van der Waals surface area contributed by atoms with E-state index in [-0.39, 0.29) is 0 Å². The molecule has 1 heterocycles. The van der Waals surface area contributed by atoms with Crippen LogP contribution in [0.25, 0.3) is 0 Å². The van der Waals surface area contributed by atoms with Crippen molar-refractivity contribution in [2.75, 3.05) is 19.8 Å². The molecule has 0 bridgehead atoms. The lowest BCUT2D eigenvalue weighted by molar-refractivity contribution is 0.339. The normalized spacial score (nSPS) is 23.0. The molecule has 1 rings (SSSR count). The first-order chi connectivity index (χ1) is 4.11. The van der Waals surface area contributed by atoms with Crippen LogP contribution in [-0.2, 0) is 0 Å². The number of rotatable bonds is 0. The third-order valence-electron chi connectivity index (χ3n) is 1.22. The van der Waals surface area contributed by atoms with Gasteiger partial charge in [0.15, 0.2) is 0 Å². The maximum atomic E-state index is 5.56. The van der Waals surface area contributed by atoms with Crippen molar-refractivity contribution in [2.24, 2.45) is 0 Å². The molecule has 0 amide bonds. The van der Waals surface area contributed by atoms with Gasteiger partial charge in [-0.1, -0.05) is 34.8 Å². The van der Waals surface area contributed by atoms with Crippen molar-refractivity contribution in [3.05, 3.63) is 0 Å². The zero-order chi connectivity index (χ0) is 6.91. The summed E-state index contributed by atoms with van der Waals surface area (Å²) < 4.78 is -1.23. The highest BCUT2D eigenvalue weighted by Gasteiger charge is 2.31. The van der Waals surface area contributed by atoms with Crippen LogP contribution in [0.3, 0.4) is 0 Å². The van der Waals surface area contributed by atoms with Gasteiger partial charge in [-0.05, 0) is 0 Å². The number of alkyl halides is 3. The van der Waals surface area contributed by atoms with E-state index in [1.807, 2.05) is 0 Å². The van der Waals surface area contributed by atoms with Gasteiger partial charge >= 0.3 is 0 Å². The van der Waals surface area contributed by atoms with E-state index in [0.717, 1.165) is 13.1 Å². The summed E-state index contributed by atoms with van der Waals surface area (Å²) in [6, 6.07) is 0. The summed E-state index contributed by atoms with van der Waals surface area (Å²) in [7, 11) is 0. The Morgan fingerprint density at radius 1 is 1.33 bits per heavy atom. The number of hydrogen-bond acceptors (Lipinski definition) is 2. The van der Waals surface area contributed by atoms with Crippen LogP contribution in [0.5, 0.6) is 0 Å². The molecule has 0 radical (unpaired) electrons. The third-order valence-corrected chi connectivity index (χ3v) is 1.94. The Morgan fingerprint density at radius 3 is 2.22 bits per heavy atom. The Labute approximate surface area is 69.0 Å². The summed E-state index contributed by atoms with van der Waals surface area (Å²) in [6.07, 6.45) is 0. The molecule has 54 valence electrons. The highest BCUT2D eigenvalue weighted by atomic mass is 35.6. The molecule has 9 heavy (non-hydrogen) atoms. The fourth-order valence-electron chi connectivity index (χ4n) is 0.724. The average Bonchev–Trinajstić information content (AvgIpc) is 2.08. The number of hydrogen-bond donors (Lipinski definition) is 1. The second-order valence-corrected chi connectivity index (χ2v) is 4.11. The summed E-state index contributed by atoms with van der Waals surface area (Å²) in [5, 5.41) is 3.05. The molecule has 0 atom stereocenters. The molecule has 0 aromatic rings. The first-order valence-corrected chi connectivity index (χ1v) is 3.76. The first-order valence-electron chi connectivity index (χ1n) is 2.63. The molecule has 2 nitrogen and oxygen atoms in total. The van der Waals surface area contributed by atoms with Crippen LogP contribution in [0.1, 0.15) is 0 Å². The minimum Gasteiger partial charge on any atom is -0.303 e. The van der Waals surface area contributed by atoms with Gasteiger partial charge in [0.2, 0.25) is 3.92 Å². The molecule has 0 saturated carbocycles. The first kappa shape index (κ1) is 7.89. The van der Waals surface area contributed by atoms with Gasteiger partial charge in [-0.2, -0.15) is 0 Å². The Balaban J connectivity index is 2.42. The highest BCUT2D eigenvalue weighted by Crippen LogP contribution is 2.30. The maximum absolute atomic E-state index is 5.56. The van der Waals surface area contributed by atoms with Gasteiger partial charge in [0, 0.05) is 13.1 Å². The van der Waals surface area contributed by atoms with Crippen molar-refractivity contribution in [1.82, 2.24) is 10.2 Å². The molecule has 5 heteroatoms. The predicted molar refractivity (Wildman–Crippen MR) is 39.9 cm³/mol. The molecule has 0 unspecified atom stereocenters. The molecule has 1 aliphatic rings. The fourth-order valence-corrected chi connectivity index (χ4v) is 1.16. The van der Waals surface area contributed by atoms with Crippen molar-refractivity contribution in [3.8, 4) is 0 Å². The van der Waals surface area contributed by atoms with Gasteiger partial charge in [-0.3, -0.25) is 0 Å². The summed E-state index contributed by atoms with van der Waals surface area (Å²) in [4.78, 5) is 1.73. The van der Waals surface area contributed by atoms with Gasteiger partial charge in [0.05, 0.1) is 6.67 Å². The highest BCUT2D eigenvalue weighted by molar-refractivity contribution is 6.67. The van der Waals surface area contributed by atoms with E-state index in [9.17, 15) is 0 Å². The molecule has 1 aliphatic heterocycles. The molecule has 0 aromatic carbocycles. The van der Waals surface area contributed by atoms with Gasteiger partial charge in [-0.25, -0.2) is 4.90 Å². The van der Waals surface area contributed by atoms with E-state index in [1.165, 1.54) is 0 Å². The van der Waals surface area contributed by atoms with E-state index >= 15 is 0 Å². The molecule has 0 aromatic heterocycles. The lowest BCUT2D eigenvalue weighted by Crippen LogP contribution is -2.33. The molecular formula is C4H7Cl3N2. The van der Waals surface area contributed by atoms with Crippen molar-refractivity contribution < 1.29 is 0 Å².